The molecular formula is C6H8FeO3. The second-order valence-electron chi connectivity index (χ2n) is 2.03. The van der Waals surface area contributed by atoms with Crippen LogP contribution in [0.1, 0.15) is 13.8 Å². The van der Waals surface area contributed by atoms with Crippen LogP contribution < -0.4 is 0 Å². The van der Waals surface area contributed by atoms with Gasteiger partial charge in [0.2, 0.25) is 11.5 Å². The SMILES string of the molecule is CC1=C(O)C(=O)C(C)O1.[Fe]. The number of ketones is 1. The van der Waals surface area contributed by atoms with Crippen LogP contribution in [0, 0.1) is 0 Å². The van der Waals surface area contributed by atoms with Crippen LogP contribution in [-0.2, 0) is 26.6 Å². The Balaban J connectivity index is 0.000000810. The third-order valence-electron chi connectivity index (χ3n) is 1.29. The summed E-state index contributed by atoms with van der Waals surface area (Å²) >= 11 is 0. The molecule has 3 nitrogen and oxygen atoms in total. The van der Waals surface area contributed by atoms with Gasteiger partial charge in [0, 0.05) is 17.1 Å². The molecule has 1 unspecified atom stereocenters. The van der Waals surface area contributed by atoms with Crippen molar-refractivity contribution in [1.82, 2.24) is 0 Å². The Kier molecular flexibility index (Phi) is 2.94. The molecule has 1 atom stereocenters. The third-order valence-corrected chi connectivity index (χ3v) is 1.29. The molecule has 0 radical (unpaired) electrons. The van der Waals surface area contributed by atoms with Gasteiger partial charge in [0.25, 0.3) is 0 Å². The first-order valence-corrected chi connectivity index (χ1v) is 2.73. The largest absolute Gasteiger partial charge is 0.502 e. The van der Waals surface area contributed by atoms with Crippen molar-refractivity contribution in [3.8, 4) is 0 Å². The number of hydrogen-bond donors (Lipinski definition) is 1. The summed E-state index contributed by atoms with van der Waals surface area (Å²) in [6.45, 7) is 3.17. The maximum atomic E-state index is 10.7. The van der Waals surface area contributed by atoms with E-state index in [9.17, 15) is 4.79 Å². The Bertz CT molecular complexity index is 185. The molecule has 4 heteroatoms. The summed E-state index contributed by atoms with van der Waals surface area (Å²) in [5.74, 6) is -0.234. The van der Waals surface area contributed by atoms with Crippen molar-refractivity contribution in [1.29, 1.82) is 0 Å². The first-order valence-electron chi connectivity index (χ1n) is 2.73. The Labute approximate surface area is 69.5 Å². The maximum absolute atomic E-state index is 10.7. The summed E-state index contributed by atoms with van der Waals surface area (Å²) in [5, 5.41) is 8.84. The molecule has 0 amide bonds. The fraction of sp³-hybridized carbons (Fsp3) is 0.500. The van der Waals surface area contributed by atoms with Crippen LogP contribution in [0.15, 0.2) is 11.5 Å². The van der Waals surface area contributed by atoms with Gasteiger partial charge in [0.1, 0.15) is 5.76 Å². The second-order valence-corrected chi connectivity index (χ2v) is 2.03. The quantitative estimate of drug-likeness (QED) is 0.565. The van der Waals surface area contributed by atoms with E-state index in [-0.39, 0.29) is 28.6 Å². The van der Waals surface area contributed by atoms with Crippen molar-refractivity contribution in [2.75, 3.05) is 0 Å². The van der Waals surface area contributed by atoms with Crippen molar-refractivity contribution < 1.29 is 31.7 Å². The molecule has 0 spiro atoms. The topological polar surface area (TPSA) is 46.5 Å². The molecule has 1 N–H and O–H groups in total. The van der Waals surface area contributed by atoms with Crippen molar-refractivity contribution in [3.63, 3.8) is 0 Å². The molecule has 1 rings (SSSR count). The van der Waals surface area contributed by atoms with Gasteiger partial charge in [-0.15, -0.1) is 0 Å². The Morgan fingerprint density at radius 2 is 2.10 bits per heavy atom. The van der Waals surface area contributed by atoms with Gasteiger partial charge < -0.3 is 9.84 Å². The minimum absolute atomic E-state index is 0. The van der Waals surface area contributed by atoms with Gasteiger partial charge in [-0.1, -0.05) is 0 Å². The molecule has 1 heterocycles. The van der Waals surface area contributed by atoms with Gasteiger partial charge in [-0.05, 0) is 13.8 Å². The molecule has 0 fully saturated rings. The number of carbonyl (C=O) groups is 1. The van der Waals surface area contributed by atoms with Crippen LogP contribution in [0.5, 0.6) is 0 Å². The standard InChI is InChI=1S/C6H8O3.Fe/c1-3-5(7)6(8)4(2)9-3;/h3,8H,1-2H3;. The molecular weight excluding hydrogens is 176 g/mol. The second kappa shape index (κ2) is 3.08. The summed E-state index contributed by atoms with van der Waals surface area (Å²) in [5.41, 5.74) is 0. The number of aliphatic hydroxyl groups excluding tert-OH is 1. The van der Waals surface area contributed by atoms with Gasteiger partial charge >= 0.3 is 0 Å². The maximum Gasteiger partial charge on any atom is 0.240 e. The van der Waals surface area contributed by atoms with Crippen molar-refractivity contribution in [2.24, 2.45) is 0 Å². The first-order chi connectivity index (χ1) is 4.13. The fourth-order valence-electron chi connectivity index (χ4n) is 0.741. The summed E-state index contributed by atoms with van der Waals surface area (Å²) in [6, 6.07) is 0. The van der Waals surface area contributed by atoms with Crippen LogP contribution in [0.4, 0.5) is 0 Å². The molecule has 0 saturated heterocycles. The van der Waals surface area contributed by atoms with Crippen molar-refractivity contribution in [2.45, 2.75) is 20.0 Å². The molecule has 10 heavy (non-hydrogen) atoms. The van der Waals surface area contributed by atoms with E-state index in [1.165, 1.54) is 0 Å². The molecule has 1 aliphatic rings. The minimum atomic E-state index is -0.495. The molecule has 0 aromatic heterocycles. The number of hydrogen-bond acceptors (Lipinski definition) is 3. The van der Waals surface area contributed by atoms with E-state index in [2.05, 4.69) is 0 Å². The number of ether oxygens (including phenoxy) is 1. The van der Waals surface area contributed by atoms with Crippen LogP contribution >= 0.6 is 0 Å². The fourth-order valence-corrected chi connectivity index (χ4v) is 0.741. The Morgan fingerprint density at radius 3 is 2.20 bits per heavy atom. The van der Waals surface area contributed by atoms with E-state index in [0.717, 1.165) is 0 Å². The molecule has 1 aliphatic heterocycles. The molecule has 0 saturated carbocycles. The van der Waals surface area contributed by atoms with Gasteiger partial charge in [0.05, 0.1) is 0 Å². The van der Waals surface area contributed by atoms with Gasteiger partial charge in [0.15, 0.2) is 6.10 Å². The van der Waals surface area contributed by atoms with Crippen LogP contribution in [-0.4, -0.2) is 17.0 Å². The number of rotatable bonds is 0. The predicted octanol–water partition coefficient (Wildman–Crippen LogP) is 0.761. The molecule has 0 aromatic carbocycles. The predicted molar refractivity (Wildman–Crippen MR) is 30.9 cm³/mol. The average Bonchev–Trinajstić information content (AvgIpc) is 1.98. The number of aliphatic hydroxyl groups is 1. The average molecular weight is 184 g/mol. The zero-order valence-corrected chi connectivity index (χ0v) is 6.80. The summed E-state index contributed by atoms with van der Waals surface area (Å²) in [4.78, 5) is 10.7. The minimum Gasteiger partial charge on any atom is -0.502 e. The van der Waals surface area contributed by atoms with Crippen LogP contribution in [0.25, 0.3) is 0 Å². The van der Waals surface area contributed by atoms with Crippen LogP contribution in [0.2, 0.25) is 0 Å². The smallest absolute Gasteiger partial charge is 0.240 e. The molecule has 0 bridgehead atoms. The van der Waals surface area contributed by atoms with Crippen molar-refractivity contribution in [3.05, 3.63) is 11.5 Å². The summed E-state index contributed by atoms with van der Waals surface area (Å²) < 4.78 is 4.87. The number of Topliss-reactive ketones (excluding diaryl/α,β-unsaturated/α-hetero) is 1. The summed E-state index contributed by atoms with van der Waals surface area (Å²) in [7, 11) is 0. The number of carbonyl (C=O) groups excluding carboxylic acids is 1. The monoisotopic (exact) mass is 184 g/mol. The molecule has 0 aliphatic carbocycles. The van der Waals surface area contributed by atoms with Gasteiger partial charge in [-0.3, -0.25) is 4.79 Å². The Hall–Kier alpha value is -0.471. The van der Waals surface area contributed by atoms with Gasteiger partial charge in [-0.2, -0.15) is 0 Å². The Morgan fingerprint density at radius 1 is 1.60 bits per heavy atom. The van der Waals surface area contributed by atoms with E-state index in [1.807, 2.05) is 0 Å². The zero-order chi connectivity index (χ0) is 7.02. The third kappa shape index (κ3) is 1.33. The van der Waals surface area contributed by atoms with Crippen molar-refractivity contribution >= 4 is 5.78 Å². The van der Waals surface area contributed by atoms with E-state index in [0.29, 0.717) is 5.76 Å². The molecule has 0 aromatic rings. The van der Waals surface area contributed by atoms with E-state index < -0.39 is 6.10 Å². The molecule has 58 valence electrons. The first kappa shape index (κ1) is 9.53. The zero-order valence-electron chi connectivity index (χ0n) is 5.69. The normalized spacial score (nSPS) is 24.2. The van der Waals surface area contributed by atoms with E-state index in [1.54, 1.807) is 13.8 Å². The van der Waals surface area contributed by atoms with E-state index in [4.69, 9.17) is 9.84 Å². The summed E-state index contributed by atoms with van der Waals surface area (Å²) in [6.07, 6.45) is -0.495. The number of allylic oxidation sites excluding steroid dienone is 1. The van der Waals surface area contributed by atoms with E-state index >= 15 is 0 Å². The van der Waals surface area contributed by atoms with Gasteiger partial charge in [-0.25, -0.2) is 0 Å². The van der Waals surface area contributed by atoms with Crippen LogP contribution in [0.3, 0.4) is 0 Å².